The third kappa shape index (κ3) is 3.72. The summed E-state index contributed by atoms with van der Waals surface area (Å²) < 4.78 is 6.82. The standard InChI is InChI=1S/C11H17N7O2S/c1-4-12-7-13-8(20-6-3)15-9(14-7)21-11-17-16-10(19)18(11)5-2/h4-6H2,1-3H3,(H,16,19)(H,12,13,14,15). The van der Waals surface area contributed by atoms with Crippen molar-refractivity contribution in [1.82, 2.24) is 29.7 Å². The Labute approximate surface area is 125 Å². The molecule has 2 aromatic heterocycles. The second-order valence-electron chi connectivity index (χ2n) is 3.85. The Balaban J connectivity index is 2.31. The van der Waals surface area contributed by atoms with Crippen molar-refractivity contribution in [2.24, 2.45) is 0 Å². The molecule has 9 nitrogen and oxygen atoms in total. The van der Waals surface area contributed by atoms with Crippen LogP contribution in [0.5, 0.6) is 6.01 Å². The van der Waals surface area contributed by atoms with Crippen LogP contribution < -0.4 is 15.7 Å². The Morgan fingerprint density at radius 2 is 2.10 bits per heavy atom. The van der Waals surface area contributed by atoms with Gasteiger partial charge in [0.1, 0.15) is 0 Å². The van der Waals surface area contributed by atoms with Crippen LogP contribution in [-0.4, -0.2) is 42.9 Å². The molecular formula is C11H17N7O2S. The Hall–Kier alpha value is -2.10. The second kappa shape index (κ2) is 7.07. The van der Waals surface area contributed by atoms with Crippen LogP contribution in [0.4, 0.5) is 5.95 Å². The first kappa shape index (κ1) is 15.3. The number of hydrogen-bond acceptors (Lipinski definition) is 8. The molecule has 0 aliphatic rings. The summed E-state index contributed by atoms with van der Waals surface area (Å²) in [7, 11) is 0. The van der Waals surface area contributed by atoms with E-state index in [0.717, 1.165) is 0 Å². The normalized spacial score (nSPS) is 10.6. The van der Waals surface area contributed by atoms with Crippen molar-refractivity contribution in [1.29, 1.82) is 0 Å². The summed E-state index contributed by atoms with van der Waals surface area (Å²) in [5.41, 5.74) is -0.258. The van der Waals surface area contributed by atoms with Crippen molar-refractivity contribution in [3.8, 4) is 6.01 Å². The SMILES string of the molecule is CCNc1nc(OCC)nc(Sc2n[nH]c(=O)n2CC)n1. The predicted molar refractivity (Wildman–Crippen MR) is 77.8 cm³/mol. The van der Waals surface area contributed by atoms with E-state index in [1.54, 1.807) is 0 Å². The van der Waals surface area contributed by atoms with Crippen molar-refractivity contribution in [3.05, 3.63) is 10.5 Å². The van der Waals surface area contributed by atoms with Crippen LogP contribution in [0.15, 0.2) is 15.1 Å². The van der Waals surface area contributed by atoms with Gasteiger partial charge < -0.3 is 10.1 Å². The maximum Gasteiger partial charge on any atom is 0.343 e. The van der Waals surface area contributed by atoms with E-state index < -0.39 is 0 Å². The van der Waals surface area contributed by atoms with Crippen LogP contribution in [0, 0.1) is 0 Å². The van der Waals surface area contributed by atoms with Crippen LogP contribution in [0.1, 0.15) is 20.8 Å². The topological polar surface area (TPSA) is 111 Å². The molecule has 0 bridgehead atoms. The molecule has 0 aliphatic carbocycles. The summed E-state index contributed by atoms with van der Waals surface area (Å²) in [6.45, 7) is 7.32. The van der Waals surface area contributed by atoms with Gasteiger partial charge in [-0.05, 0) is 32.5 Å². The van der Waals surface area contributed by atoms with Gasteiger partial charge in [0, 0.05) is 13.1 Å². The highest BCUT2D eigenvalue weighted by Crippen LogP contribution is 2.23. The molecule has 2 rings (SSSR count). The van der Waals surface area contributed by atoms with Crippen molar-refractivity contribution in [2.45, 2.75) is 37.6 Å². The van der Waals surface area contributed by atoms with Gasteiger partial charge in [0.15, 0.2) is 5.16 Å². The van der Waals surface area contributed by atoms with Gasteiger partial charge in [-0.2, -0.15) is 15.0 Å². The highest BCUT2D eigenvalue weighted by atomic mass is 32.2. The molecule has 0 unspecified atom stereocenters. The van der Waals surface area contributed by atoms with Crippen molar-refractivity contribution < 1.29 is 4.74 Å². The minimum absolute atomic E-state index is 0.242. The van der Waals surface area contributed by atoms with Gasteiger partial charge in [0.2, 0.25) is 11.1 Å². The van der Waals surface area contributed by atoms with Gasteiger partial charge >= 0.3 is 11.7 Å². The molecule has 0 radical (unpaired) electrons. The Bertz CT molecular complexity index is 630. The molecule has 0 saturated heterocycles. The Kier molecular flexibility index (Phi) is 5.14. The number of hydrogen-bond donors (Lipinski definition) is 2. The fourth-order valence-electron chi connectivity index (χ4n) is 1.56. The van der Waals surface area contributed by atoms with Crippen LogP contribution in [-0.2, 0) is 6.54 Å². The highest BCUT2D eigenvalue weighted by Gasteiger charge is 2.13. The molecule has 0 atom stereocenters. The first-order chi connectivity index (χ1) is 10.2. The maximum atomic E-state index is 11.5. The van der Waals surface area contributed by atoms with E-state index in [1.807, 2.05) is 20.8 Å². The van der Waals surface area contributed by atoms with Gasteiger partial charge in [0.25, 0.3) is 0 Å². The van der Waals surface area contributed by atoms with E-state index in [-0.39, 0.29) is 11.7 Å². The smallest absolute Gasteiger partial charge is 0.343 e. The van der Waals surface area contributed by atoms with E-state index >= 15 is 0 Å². The largest absolute Gasteiger partial charge is 0.464 e. The lowest BCUT2D eigenvalue weighted by molar-refractivity contribution is 0.308. The fourth-order valence-corrected chi connectivity index (χ4v) is 2.39. The lowest BCUT2D eigenvalue weighted by atomic mass is 10.7. The zero-order valence-corrected chi connectivity index (χ0v) is 12.9. The number of H-pyrrole nitrogens is 1. The lowest BCUT2D eigenvalue weighted by Crippen LogP contribution is -2.16. The molecule has 0 aromatic carbocycles. The zero-order chi connectivity index (χ0) is 15.2. The molecule has 21 heavy (non-hydrogen) atoms. The first-order valence-electron chi connectivity index (χ1n) is 6.63. The van der Waals surface area contributed by atoms with Gasteiger partial charge in [-0.3, -0.25) is 4.57 Å². The van der Waals surface area contributed by atoms with Crippen LogP contribution >= 0.6 is 11.8 Å². The van der Waals surface area contributed by atoms with Crippen molar-refractivity contribution in [3.63, 3.8) is 0 Å². The zero-order valence-electron chi connectivity index (χ0n) is 12.1. The molecule has 2 heterocycles. The fraction of sp³-hybridized carbons (Fsp3) is 0.545. The first-order valence-corrected chi connectivity index (χ1v) is 7.45. The number of anilines is 1. The molecule has 10 heteroatoms. The molecule has 114 valence electrons. The summed E-state index contributed by atoms with van der Waals surface area (Å²) in [6, 6.07) is 0.242. The van der Waals surface area contributed by atoms with Crippen LogP contribution in [0.2, 0.25) is 0 Å². The number of nitrogens with one attached hydrogen (secondary N) is 2. The highest BCUT2D eigenvalue weighted by molar-refractivity contribution is 7.99. The van der Waals surface area contributed by atoms with E-state index in [2.05, 4.69) is 30.5 Å². The van der Waals surface area contributed by atoms with Crippen molar-refractivity contribution >= 4 is 17.7 Å². The number of rotatable bonds is 7. The summed E-state index contributed by atoms with van der Waals surface area (Å²) >= 11 is 1.18. The quantitative estimate of drug-likeness (QED) is 0.771. The van der Waals surface area contributed by atoms with E-state index in [1.165, 1.54) is 16.3 Å². The number of nitrogens with zero attached hydrogens (tertiary/aromatic N) is 5. The average Bonchev–Trinajstić information content (AvgIpc) is 2.79. The minimum Gasteiger partial charge on any atom is -0.464 e. The van der Waals surface area contributed by atoms with E-state index in [9.17, 15) is 4.79 Å². The van der Waals surface area contributed by atoms with Gasteiger partial charge in [0.05, 0.1) is 6.61 Å². The molecule has 0 spiro atoms. The van der Waals surface area contributed by atoms with Crippen LogP contribution in [0.25, 0.3) is 0 Å². The third-order valence-electron chi connectivity index (χ3n) is 2.42. The molecular weight excluding hydrogens is 294 g/mol. The van der Waals surface area contributed by atoms with Crippen molar-refractivity contribution in [2.75, 3.05) is 18.5 Å². The monoisotopic (exact) mass is 311 g/mol. The van der Waals surface area contributed by atoms with Gasteiger partial charge in [-0.1, -0.05) is 0 Å². The molecule has 2 N–H and O–H groups in total. The van der Waals surface area contributed by atoms with Crippen LogP contribution in [0.3, 0.4) is 0 Å². The maximum absolute atomic E-state index is 11.5. The summed E-state index contributed by atoms with van der Waals surface area (Å²) in [4.78, 5) is 24.1. The summed E-state index contributed by atoms with van der Waals surface area (Å²) in [5.74, 6) is 0.430. The van der Waals surface area contributed by atoms with Gasteiger partial charge in [-0.25, -0.2) is 9.89 Å². The average molecular weight is 311 g/mol. The number of aromatic amines is 1. The molecule has 0 fully saturated rings. The minimum atomic E-state index is -0.258. The van der Waals surface area contributed by atoms with E-state index in [0.29, 0.717) is 36.0 Å². The number of aromatic nitrogens is 6. The summed E-state index contributed by atoms with van der Waals surface area (Å²) in [6.07, 6.45) is 0. The molecule has 0 aliphatic heterocycles. The molecule has 0 amide bonds. The Morgan fingerprint density at radius 1 is 1.29 bits per heavy atom. The molecule has 2 aromatic rings. The third-order valence-corrected chi connectivity index (χ3v) is 3.28. The van der Waals surface area contributed by atoms with E-state index in [4.69, 9.17) is 4.74 Å². The second-order valence-corrected chi connectivity index (χ2v) is 4.78. The molecule has 0 saturated carbocycles. The summed E-state index contributed by atoms with van der Waals surface area (Å²) in [5, 5.41) is 10.3. The van der Waals surface area contributed by atoms with Gasteiger partial charge in [-0.15, -0.1) is 5.10 Å². The Morgan fingerprint density at radius 3 is 2.76 bits per heavy atom. The predicted octanol–water partition coefficient (Wildman–Crippen LogP) is 0.758. The lowest BCUT2D eigenvalue weighted by Gasteiger charge is -2.07. The number of ether oxygens (including phenoxy) is 1.